The van der Waals surface area contributed by atoms with E-state index in [9.17, 15) is 4.79 Å². The maximum atomic E-state index is 12.4. The first-order chi connectivity index (χ1) is 8.99. The van der Waals surface area contributed by atoms with E-state index in [2.05, 4.69) is 0 Å². The van der Waals surface area contributed by atoms with E-state index in [1.807, 2.05) is 17.9 Å². The summed E-state index contributed by atoms with van der Waals surface area (Å²) in [7, 11) is 0. The van der Waals surface area contributed by atoms with Crippen molar-refractivity contribution in [2.45, 2.75) is 19.8 Å². The number of hydrogen-bond acceptors (Lipinski definition) is 2. The van der Waals surface area contributed by atoms with Gasteiger partial charge < -0.3 is 10.6 Å². The van der Waals surface area contributed by atoms with Crippen LogP contribution in [0.5, 0.6) is 0 Å². The first kappa shape index (κ1) is 14.3. The Labute approximate surface area is 123 Å². The molecule has 1 aliphatic rings. The monoisotopic (exact) mass is 296 g/mol. The van der Waals surface area contributed by atoms with Gasteiger partial charge in [-0.25, -0.2) is 0 Å². The number of thiocarbonyl (C=S) groups is 1. The molecule has 1 aromatic carbocycles. The van der Waals surface area contributed by atoms with Gasteiger partial charge in [0.25, 0.3) is 5.91 Å². The fourth-order valence-electron chi connectivity index (χ4n) is 2.33. The number of rotatable bonds is 2. The second-order valence-corrected chi connectivity index (χ2v) is 5.81. The van der Waals surface area contributed by atoms with Crippen LogP contribution in [-0.4, -0.2) is 28.9 Å². The lowest BCUT2D eigenvalue weighted by molar-refractivity contribution is 0.0710. The molecule has 1 fully saturated rings. The zero-order chi connectivity index (χ0) is 14.0. The Balaban J connectivity index is 2.05. The van der Waals surface area contributed by atoms with Gasteiger partial charge in [0.1, 0.15) is 0 Å². The van der Waals surface area contributed by atoms with Crippen molar-refractivity contribution in [2.75, 3.05) is 13.1 Å². The molecule has 1 saturated heterocycles. The number of benzene rings is 1. The number of carbonyl (C=O) groups excluding carboxylic acids is 1. The van der Waals surface area contributed by atoms with Crippen LogP contribution in [0.25, 0.3) is 0 Å². The van der Waals surface area contributed by atoms with Crippen LogP contribution in [0.3, 0.4) is 0 Å². The van der Waals surface area contributed by atoms with Crippen LogP contribution in [-0.2, 0) is 0 Å². The van der Waals surface area contributed by atoms with Crippen LogP contribution >= 0.6 is 23.8 Å². The Morgan fingerprint density at radius 2 is 2.05 bits per heavy atom. The highest BCUT2D eigenvalue weighted by molar-refractivity contribution is 7.80. The summed E-state index contributed by atoms with van der Waals surface area (Å²) in [6.45, 7) is 3.32. The fourth-order valence-corrected chi connectivity index (χ4v) is 2.68. The predicted molar refractivity (Wildman–Crippen MR) is 81.6 cm³/mol. The average Bonchev–Trinajstić information content (AvgIpc) is 2.41. The number of likely N-dealkylation sites (tertiary alicyclic amines) is 1. The third-order valence-electron chi connectivity index (χ3n) is 3.59. The molecule has 19 heavy (non-hydrogen) atoms. The topological polar surface area (TPSA) is 46.3 Å². The first-order valence-electron chi connectivity index (χ1n) is 6.34. The molecule has 0 saturated carbocycles. The molecule has 0 spiro atoms. The maximum absolute atomic E-state index is 12.4. The van der Waals surface area contributed by atoms with Gasteiger partial charge in [-0.15, -0.1) is 0 Å². The molecule has 1 heterocycles. The lowest BCUT2D eigenvalue weighted by Crippen LogP contribution is -2.41. The molecule has 0 atom stereocenters. The van der Waals surface area contributed by atoms with Crippen LogP contribution in [0.1, 0.15) is 28.8 Å². The summed E-state index contributed by atoms with van der Waals surface area (Å²) in [5.41, 5.74) is 7.26. The molecule has 1 aliphatic heterocycles. The van der Waals surface area contributed by atoms with Crippen molar-refractivity contribution in [1.82, 2.24) is 4.90 Å². The molecule has 1 amide bonds. The normalized spacial score (nSPS) is 16.4. The zero-order valence-electron chi connectivity index (χ0n) is 10.9. The van der Waals surface area contributed by atoms with Crippen molar-refractivity contribution in [3.8, 4) is 0 Å². The molecule has 102 valence electrons. The zero-order valence-corrected chi connectivity index (χ0v) is 12.4. The number of hydrogen-bond donors (Lipinski definition) is 1. The van der Waals surface area contributed by atoms with Gasteiger partial charge in [-0.1, -0.05) is 23.8 Å². The molecule has 1 aromatic rings. The standard InChI is InChI=1S/C14H17ClN2OS/c1-9-8-11(2-3-12(9)15)14(18)17-6-4-10(5-7-17)13(16)19/h2-3,8,10H,4-7H2,1H3,(H2,16,19). The molecule has 2 N–H and O–H groups in total. The van der Waals surface area contributed by atoms with Gasteiger partial charge >= 0.3 is 0 Å². The third-order valence-corrected chi connectivity index (χ3v) is 4.35. The van der Waals surface area contributed by atoms with Crippen molar-refractivity contribution in [2.24, 2.45) is 11.7 Å². The number of nitrogens with zero attached hydrogens (tertiary/aromatic N) is 1. The van der Waals surface area contributed by atoms with Crippen molar-refractivity contribution < 1.29 is 4.79 Å². The van der Waals surface area contributed by atoms with Crippen molar-refractivity contribution in [1.29, 1.82) is 0 Å². The van der Waals surface area contributed by atoms with Gasteiger partial charge in [0.05, 0.1) is 4.99 Å². The molecule has 0 aliphatic carbocycles. The van der Waals surface area contributed by atoms with E-state index in [-0.39, 0.29) is 11.8 Å². The highest BCUT2D eigenvalue weighted by atomic mass is 35.5. The van der Waals surface area contributed by atoms with Gasteiger partial charge in [-0.3, -0.25) is 4.79 Å². The van der Waals surface area contributed by atoms with Crippen molar-refractivity contribution in [3.05, 3.63) is 34.3 Å². The summed E-state index contributed by atoms with van der Waals surface area (Å²) in [6, 6.07) is 5.38. The summed E-state index contributed by atoms with van der Waals surface area (Å²) in [5.74, 6) is 0.326. The lowest BCUT2D eigenvalue weighted by atomic mass is 9.96. The minimum Gasteiger partial charge on any atom is -0.393 e. The summed E-state index contributed by atoms with van der Waals surface area (Å²) in [5, 5.41) is 0.684. The molecular weight excluding hydrogens is 280 g/mol. The Kier molecular flexibility index (Phi) is 4.42. The molecule has 2 rings (SSSR count). The average molecular weight is 297 g/mol. The quantitative estimate of drug-likeness (QED) is 0.854. The largest absolute Gasteiger partial charge is 0.393 e. The second-order valence-electron chi connectivity index (χ2n) is 4.93. The smallest absolute Gasteiger partial charge is 0.253 e. The van der Waals surface area contributed by atoms with E-state index in [1.165, 1.54) is 0 Å². The number of piperidine rings is 1. The molecule has 0 aromatic heterocycles. The van der Waals surface area contributed by atoms with E-state index in [0.29, 0.717) is 28.7 Å². The highest BCUT2D eigenvalue weighted by Crippen LogP contribution is 2.21. The summed E-state index contributed by atoms with van der Waals surface area (Å²) >= 11 is 11.0. The Hall–Kier alpha value is -1.13. The minimum absolute atomic E-state index is 0.0566. The van der Waals surface area contributed by atoms with Crippen LogP contribution in [0.4, 0.5) is 0 Å². The van der Waals surface area contributed by atoms with Gasteiger partial charge in [-0.2, -0.15) is 0 Å². The molecule has 3 nitrogen and oxygen atoms in total. The number of aryl methyl sites for hydroxylation is 1. The van der Waals surface area contributed by atoms with Gasteiger partial charge in [0, 0.05) is 29.6 Å². The van der Waals surface area contributed by atoms with E-state index >= 15 is 0 Å². The first-order valence-corrected chi connectivity index (χ1v) is 7.12. The predicted octanol–water partition coefficient (Wildman–Crippen LogP) is 2.79. The third kappa shape index (κ3) is 3.25. The fraction of sp³-hybridized carbons (Fsp3) is 0.429. The molecular formula is C14H17ClN2OS. The van der Waals surface area contributed by atoms with Crippen LogP contribution < -0.4 is 5.73 Å². The van der Waals surface area contributed by atoms with Gasteiger partial charge in [0.15, 0.2) is 0 Å². The Morgan fingerprint density at radius 3 is 2.58 bits per heavy atom. The van der Waals surface area contributed by atoms with Crippen molar-refractivity contribution in [3.63, 3.8) is 0 Å². The van der Waals surface area contributed by atoms with Crippen LogP contribution in [0, 0.1) is 12.8 Å². The van der Waals surface area contributed by atoms with E-state index in [0.717, 1.165) is 18.4 Å². The van der Waals surface area contributed by atoms with Crippen LogP contribution in [0.15, 0.2) is 18.2 Å². The lowest BCUT2D eigenvalue weighted by Gasteiger charge is -2.31. The molecule has 0 unspecified atom stereocenters. The number of halogens is 1. The summed E-state index contributed by atoms with van der Waals surface area (Å²) in [4.78, 5) is 14.8. The summed E-state index contributed by atoms with van der Waals surface area (Å²) in [6.07, 6.45) is 1.71. The molecule has 0 bridgehead atoms. The Bertz CT molecular complexity index is 510. The Morgan fingerprint density at radius 1 is 1.42 bits per heavy atom. The summed E-state index contributed by atoms with van der Waals surface area (Å²) < 4.78 is 0. The SMILES string of the molecule is Cc1cc(C(=O)N2CCC(C(N)=S)CC2)ccc1Cl. The van der Waals surface area contributed by atoms with Crippen LogP contribution in [0.2, 0.25) is 5.02 Å². The number of amides is 1. The van der Waals surface area contributed by atoms with Gasteiger partial charge in [-0.05, 0) is 43.5 Å². The van der Waals surface area contributed by atoms with E-state index < -0.39 is 0 Å². The highest BCUT2D eigenvalue weighted by Gasteiger charge is 2.25. The number of carbonyl (C=O) groups is 1. The second kappa shape index (κ2) is 5.88. The van der Waals surface area contributed by atoms with Crippen molar-refractivity contribution >= 4 is 34.7 Å². The molecule has 5 heteroatoms. The van der Waals surface area contributed by atoms with Gasteiger partial charge in [0.2, 0.25) is 0 Å². The van der Waals surface area contributed by atoms with E-state index in [1.54, 1.807) is 12.1 Å². The number of nitrogens with two attached hydrogens (primary N) is 1. The minimum atomic E-state index is 0.0566. The molecule has 0 radical (unpaired) electrons. The maximum Gasteiger partial charge on any atom is 0.253 e. The van der Waals surface area contributed by atoms with E-state index in [4.69, 9.17) is 29.6 Å².